The Morgan fingerprint density at radius 2 is 2.00 bits per heavy atom. The Labute approximate surface area is 134 Å². The Morgan fingerprint density at radius 1 is 1.27 bits per heavy atom. The Morgan fingerprint density at radius 3 is 2.59 bits per heavy atom. The van der Waals surface area contributed by atoms with Gasteiger partial charge in [-0.25, -0.2) is 4.79 Å². The summed E-state index contributed by atoms with van der Waals surface area (Å²) in [5, 5.41) is 6.48. The van der Waals surface area contributed by atoms with Crippen LogP contribution in [-0.2, 0) is 4.74 Å². The number of carbonyl (C=O) groups excluding carboxylic acids is 1. The number of rotatable bonds is 5. The molecule has 0 unspecified atom stereocenters. The lowest BCUT2D eigenvalue weighted by atomic mass is 9.95. The minimum Gasteiger partial charge on any atom is -0.450 e. The van der Waals surface area contributed by atoms with Crippen molar-refractivity contribution in [1.82, 2.24) is 10.6 Å². The number of nitrogens with one attached hydrogen (secondary N) is 2. The fourth-order valence-electron chi connectivity index (χ4n) is 2.61. The number of hydrogen-bond donors (Lipinski definition) is 2. The predicted octanol–water partition coefficient (Wildman–Crippen LogP) is 3.54. The van der Waals surface area contributed by atoms with Crippen molar-refractivity contribution < 1.29 is 9.53 Å². The SMILES string of the molecule is C[Si](C)(C)CCOC(=O)N[C@H]1CC[C@H](c2ccccc2)NC1. The Kier molecular flexibility index (Phi) is 6.03. The second-order valence-electron chi connectivity index (χ2n) is 7.24. The van der Waals surface area contributed by atoms with E-state index in [1.807, 2.05) is 6.07 Å². The zero-order valence-electron chi connectivity index (χ0n) is 13.9. The van der Waals surface area contributed by atoms with Crippen LogP contribution in [0.2, 0.25) is 25.7 Å². The maximum absolute atomic E-state index is 11.8. The molecule has 0 spiro atoms. The predicted molar refractivity (Wildman–Crippen MR) is 92.8 cm³/mol. The van der Waals surface area contributed by atoms with Gasteiger partial charge in [0.05, 0.1) is 6.61 Å². The Bertz CT molecular complexity index is 465. The molecule has 5 heteroatoms. The van der Waals surface area contributed by atoms with E-state index in [4.69, 9.17) is 4.74 Å². The van der Waals surface area contributed by atoms with Crippen LogP contribution in [0.3, 0.4) is 0 Å². The van der Waals surface area contributed by atoms with Crippen molar-refractivity contribution in [2.75, 3.05) is 13.2 Å². The lowest BCUT2D eigenvalue weighted by Gasteiger charge is -2.30. The first-order chi connectivity index (χ1) is 10.4. The van der Waals surface area contributed by atoms with Crippen LogP contribution in [0.5, 0.6) is 0 Å². The van der Waals surface area contributed by atoms with Crippen molar-refractivity contribution in [2.45, 2.75) is 50.6 Å². The van der Waals surface area contributed by atoms with Gasteiger partial charge in [-0.05, 0) is 24.4 Å². The van der Waals surface area contributed by atoms with E-state index in [2.05, 4.69) is 54.5 Å². The molecule has 1 aromatic rings. The van der Waals surface area contributed by atoms with Gasteiger partial charge in [0, 0.05) is 26.7 Å². The summed E-state index contributed by atoms with van der Waals surface area (Å²) >= 11 is 0. The molecule has 4 nitrogen and oxygen atoms in total. The van der Waals surface area contributed by atoms with Crippen LogP contribution in [0.15, 0.2) is 30.3 Å². The zero-order valence-corrected chi connectivity index (χ0v) is 14.9. The number of amides is 1. The van der Waals surface area contributed by atoms with Crippen LogP contribution in [0.1, 0.15) is 24.4 Å². The van der Waals surface area contributed by atoms with E-state index in [-0.39, 0.29) is 12.1 Å². The van der Waals surface area contributed by atoms with Gasteiger partial charge in [-0.15, -0.1) is 0 Å². The van der Waals surface area contributed by atoms with E-state index in [1.165, 1.54) is 5.56 Å². The molecular weight excluding hydrogens is 292 g/mol. The molecule has 1 fully saturated rings. The molecule has 0 saturated carbocycles. The first-order valence-corrected chi connectivity index (χ1v) is 11.9. The van der Waals surface area contributed by atoms with E-state index in [0.717, 1.165) is 25.4 Å². The van der Waals surface area contributed by atoms with Gasteiger partial charge in [0.15, 0.2) is 0 Å². The summed E-state index contributed by atoms with van der Waals surface area (Å²) in [6.45, 7) is 8.17. The number of alkyl carbamates (subject to hydrolysis) is 1. The average Bonchev–Trinajstić information content (AvgIpc) is 2.47. The van der Waals surface area contributed by atoms with Gasteiger partial charge in [0.25, 0.3) is 0 Å². The molecule has 1 saturated heterocycles. The fraction of sp³-hybridized carbons (Fsp3) is 0.588. The highest BCUT2D eigenvalue weighted by molar-refractivity contribution is 6.76. The van der Waals surface area contributed by atoms with Crippen LogP contribution in [0, 0.1) is 0 Å². The molecule has 0 radical (unpaired) electrons. The summed E-state index contributed by atoms with van der Waals surface area (Å²) in [5.74, 6) is 0. The maximum atomic E-state index is 11.8. The molecular formula is C17H28N2O2Si. The third kappa shape index (κ3) is 5.81. The minimum absolute atomic E-state index is 0.166. The van der Waals surface area contributed by atoms with Crippen LogP contribution in [-0.4, -0.2) is 33.4 Å². The van der Waals surface area contributed by atoms with Crippen LogP contribution < -0.4 is 10.6 Å². The maximum Gasteiger partial charge on any atom is 0.407 e. The molecule has 1 aromatic carbocycles. The van der Waals surface area contributed by atoms with Gasteiger partial charge in [0.1, 0.15) is 0 Å². The van der Waals surface area contributed by atoms with Gasteiger partial charge in [-0.1, -0.05) is 50.0 Å². The molecule has 2 atom stereocenters. The van der Waals surface area contributed by atoms with E-state index < -0.39 is 8.07 Å². The van der Waals surface area contributed by atoms with Gasteiger partial charge >= 0.3 is 6.09 Å². The molecule has 0 bridgehead atoms. The van der Waals surface area contributed by atoms with E-state index >= 15 is 0 Å². The standard InChI is InChI=1S/C17H28N2O2Si/c1-22(2,3)12-11-21-17(20)19-15-9-10-16(18-13-15)14-7-5-4-6-8-14/h4-8,15-16,18H,9-13H2,1-3H3,(H,19,20)/t15-,16+/m0/s1. The van der Waals surface area contributed by atoms with Crippen molar-refractivity contribution in [2.24, 2.45) is 0 Å². The van der Waals surface area contributed by atoms with Crippen LogP contribution >= 0.6 is 0 Å². The van der Waals surface area contributed by atoms with Gasteiger partial charge in [-0.3, -0.25) is 0 Å². The third-order valence-electron chi connectivity index (χ3n) is 4.02. The first kappa shape index (κ1) is 17.0. The quantitative estimate of drug-likeness (QED) is 0.816. The molecule has 22 heavy (non-hydrogen) atoms. The lowest BCUT2D eigenvalue weighted by Crippen LogP contribution is -2.47. The van der Waals surface area contributed by atoms with Gasteiger partial charge < -0.3 is 15.4 Å². The molecule has 1 amide bonds. The molecule has 2 rings (SSSR count). The van der Waals surface area contributed by atoms with Crippen molar-refractivity contribution in [1.29, 1.82) is 0 Å². The Hall–Kier alpha value is -1.33. The fourth-order valence-corrected chi connectivity index (χ4v) is 3.32. The highest BCUT2D eigenvalue weighted by Crippen LogP contribution is 2.22. The summed E-state index contributed by atoms with van der Waals surface area (Å²) in [6, 6.07) is 12.0. The third-order valence-corrected chi connectivity index (χ3v) is 5.73. The molecule has 122 valence electrons. The summed E-state index contributed by atoms with van der Waals surface area (Å²) in [5.41, 5.74) is 1.32. The smallest absolute Gasteiger partial charge is 0.407 e. The summed E-state index contributed by atoms with van der Waals surface area (Å²) in [7, 11) is -1.14. The van der Waals surface area contributed by atoms with Crippen molar-refractivity contribution in [3.63, 3.8) is 0 Å². The number of benzene rings is 1. The minimum atomic E-state index is -1.14. The monoisotopic (exact) mass is 320 g/mol. The second-order valence-corrected chi connectivity index (χ2v) is 12.9. The molecule has 0 aliphatic carbocycles. The molecule has 2 N–H and O–H groups in total. The van der Waals surface area contributed by atoms with Crippen LogP contribution in [0.25, 0.3) is 0 Å². The highest BCUT2D eigenvalue weighted by atomic mass is 28.3. The van der Waals surface area contributed by atoms with Crippen molar-refractivity contribution >= 4 is 14.2 Å². The van der Waals surface area contributed by atoms with Crippen LogP contribution in [0.4, 0.5) is 4.79 Å². The zero-order chi connectivity index (χ0) is 16.0. The lowest BCUT2D eigenvalue weighted by molar-refractivity contribution is 0.144. The number of carbonyl (C=O) groups is 1. The largest absolute Gasteiger partial charge is 0.450 e. The Balaban J connectivity index is 1.68. The molecule has 0 aromatic heterocycles. The van der Waals surface area contributed by atoms with Gasteiger partial charge in [-0.2, -0.15) is 0 Å². The topological polar surface area (TPSA) is 50.4 Å². The normalized spacial score (nSPS) is 22.1. The molecule has 1 aliphatic heterocycles. The molecule has 1 aliphatic rings. The molecule has 1 heterocycles. The van der Waals surface area contributed by atoms with E-state index in [0.29, 0.717) is 12.6 Å². The first-order valence-electron chi connectivity index (χ1n) is 8.16. The summed E-state index contributed by atoms with van der Waals surface area (Å²) < 4.78 is 5.29. The number of hydrogen-bond acceptors (Lipinski definition) is 3. The van der Waals surface area contributed by atoms with E-state index in [9.17, 15) is 4.79 Å². The second kappa shape index (κ2) is 7.79. The van der Waals surface area contributed by atoms with Crippen molar-refractivity contribution in [3.05, 3.63) is 35.9 Å². The van der Waals surface area contributed by atoms with Gasteiger partial charge in [0.2, 0.25) is 0 Å². The average molecular weight is 321 g/mol. The summed E-state index contributed by atoms with van der Waals surface area (Å²) in [4.78, 5) is 11.8. The number of piperidine rings is 1. The van der Waals surface area contributed by atoms with E-state index in [1.54, 1.807) is 0 Å². The highest BCUT2D eigenvalue weighted by Gasteiger charge is 2.23. The number of ether oxygens (including phenoxy) is 1. The summed E-state index contributed by atoms with van der Waals surface area (Å²) in [6.07, 6.45) is 1.74. The van der Waals surface area contributed by atoms with Crippen molar-refractivity contribution in [3.8, 4) is 0 Å².